The van der Waals surface area contributed by atoms with E-state index in [1.807, 2.05) is 42.5 Å². The molecule has 0 aliphatic heterocycles. The quantitative estimate of drug-likeness (QED) is 0.741. The molecule has 1 atom stereocenters. The lowest BCUT2D eigenvalue weighted by Crippen LogP contribution is -2.30. The second-order valence-corrected chi connectivity index (χ2v) is 5.71. The van der Waals surface area contributed by atoms with Crippen molar-refractivity contribution in [2.45, 2.75) is 13.0 Å². The minimum atomic E-state index is -0.625. The number of halogens is 1. The van der Waals surface area contributed by atoms with Gasteiger partial charge in [0.25, 0.3) is 5.91 Å². The van der Waals surface area contributed by atoms with E-state index in [9.17, 15) is 4.79 Å². The number of anilines is 1. The molecule has 1 unspecified atom stereocenters. The highest BCUT2D eigenvalue weighted by Gasteiger charge is 2.15. The summed E-state index contributed by atoms with van der Waals surface area (Å²) in [6.07, 6.45) is -0.625. The Hall–Kier alpha value is -2.52. The van der Waals surface area contributed by atoms with Gasteiger partial charge < -0.3 is 10.1 Å². The minimum Gasteiger partial charge on any atom is -0.481 e. The summed E-state index contributed by atoms with van der Waals surface area (Å²) in [5.41, 5.74) is 0.746. The highest BCUT2D eigenvalue weighted by atomic mass is 35.5. The molecular formula is C19H16ClNO2. The van der Waals surface area contributed by atoms with Crippen LogP contribution in [0.5, 0.6) is 5.75 Å². The van der Waals surface area contributed by atoms with Crippen LogP contribution in [0.15, 0.2) is 66.7 Å². The van der Waals surface area contributed by atoms with Crippen molar-refractivity contribution in [3.8, 4) is 5.75 Å². The van der Waals surface area contributed by atoms with Crippen LogP contribution in [0.1, 0.15) is 6.92 Å². The molecule has 3 aromatic carbocycles. The molecule has 1 N–H and O–H groups in total. The van der Waals surface area contributed by atoms with Gasteiger partial charge >= 0.3 is 0 Å². The van der Waals surface area contributed by atoms with Crippen molar-refractivity contribution in [1.29, 1.82) is 0 Å². The van der Waals surface area contributed by atoms with E-state index in [1.54, 1.807) is 31.2 Å². The molecule has 0 saturated heterocycles. The van der Waals surface area contributed by atoms with Crippen LogP contribution in [0, 0.1) is 0 Å². The van der Waals surface area contributed by atoms with Gasteiger partial charge in [-0.05, 0) is 48.0 Å². The van der Waals surface area contributed by atoms with Crippen molar-refractivity contribution >= 4 is 34.0 Å². The monoisotopic (exact) mass is 325 g/mol. The van der Waals surface area contributed by atoms with E-state index in [0.717, 1.165) is 16.5 Å². The predicted octanol–water partition coefficient (Wildman–Crippen LogP) is 4.90. The zero-order chi connectivity index (χ0) is 16.2. The molecule has 3 nitrogen and oxygen atoms in total. The van der Waals surface area contributed by atoms with E-state index >= 15 is 0 Å². The average molecular weight is 326 g/mol. The highest BCUT2D eigenvalue weighted by molar-refractivity contribution is 6.30. The van der Waals surface area contributed by atoms with Crippen molar-refractivity contribution in [1.82, 2.24) is 0 Å². The highest BCUT2D eigenvalue weighted by Crippen LogP contribution is 2.21. The fourth-order valence-electron chi connectivity index (χ4n) is 2.31. The van der Waals surface area contributed by atoms with Crippen molar-refractivity contribution in [2.24, 2.45) is 0 Å². The topological polar surface area (TPSA) is 38.3 Å². The van der Waals surface area contributed by atoms with Crippen LogP contribution >= 0.6 is 11.6 Å². The summed E-state index contributed by atoms with van der Waals surface area (Å²) in [6, 6.07) is 20.8. The third-order valence-electron chi connectivity index (χ3n) is 3.50. The summed E-state index contributed by atoms with van der Waals surface area (Å²) in [4.78, 5) is 12.3. The van der Waals surface area contributed by atoms with Crippen LogP contribution in [-0.2, 0) is 4.79 Å². The first kappa shape index (κ1) is 15.4. The maximum absolute atomic E-state index is 12.3. The van der Waals surface area contributed by atoms with E-state index < -0.39 is 6.10 Å². The van der Waals surface area contributed by atoms with E-state index in [0.29, 0.717) is 10.8 Å². The summed E-state index contributed by atoms with van der Waals surface area (Å²) in [7, 11) is 0. The molecule has 0 spiro atoms. The van der Waals surface area contributed by atoms with Crippen LogP contribution in [-0.4, -0.2) is 12.0 Å². The normalized spacial score (nSPS) is 11.9. The smallest absolute Gasteiger partial charge is 0.265 e. The number of nitrogens with one attached hydrogen (secondary N) is 1. The first-order chi connectivity index (χ1) is 11.1. The molecule has 0 heterocycles. The van der Waals surface area contributed by atoms with Crippen LogP contribution in [0.25, 0.3) is 10.8 Å². The number of hydrogen-bond acceptors (Lipinski definition) is 2. The number of ether oxygens (including phenoxy) is 1. The molecule has 0 radical (unpaired) electrons. The van der Waals surface area contributed by atoms with Crippen molar-refractivity contribution in [3.63, 3.8) is 0 Å². The molecule has 0 bridgehead atoms. The van der Waals surface area contributed by atoms with Gasteiger partial charge in [-0.15, -0.1) is 0 Å². The number of carbonyl (C=O) groups excluding carboxylic acids is 1. The van der Waals surface area contributed by atoms with E-state index in [4.69, 9.17) is 16.3 Å². The third-order valence-corrected chi connectivity index (χ3v) is 3.73. The summed E-state index contributed by atoms with van der Waals surface area (Å²) >= 11 is 5.91. The Balaban J connectivity index is 1.69. The summed E-state index contributed by atoms with van der Waals surface area (Å²) in [5.74, 6) is 0.360. The zero-order valence-electron chi connectivity index (χ0n) is 12.6. The fraction of sp³-hybridized carbons (Fsp3) is 0.105. The number of carbonyl (C=O) groups is 1. The zero-order valence-corrected chi connectivity index (χ0v) is 13.4. The molecule has 4 heteroatoms. The Morgan fingerprint density at radius 3 is 2.57 bits per heavy atom. The molecular weight excluding hydrogens is 310 g/mol. The minimum absolute atomic E-state index is 0.208. The van der Waals surface area contributed by atoms with Crippen LogP contribution in [0.4, 0.5) is 5.69 Å². The lowest BCUT2D eigenvalue weighted by Gasteiger charge is -2.15. The standard InChI is InChI=1S/C19H16ClNO2/c1-13(23-18-8-4-7-16(20)12-18)19(22)21-17-10-9-14-5-2-3-6-15(14)11-17/h2-13H,1H3,(H,21,22). The van der Waals surface area contributed by atoms with Gasteiger partial charge in [-0.1, -0.05) is 48.0 Å². The van der Waals surface area contributed by atoms with Crippen LogP contribution < -0.4 is 10.1 Å². The summed E-state index contributed by atoms with van der Waals surface area (Å²) in [6.45, 7) is 1.71. The Labute approximate surface area is 139 Å². The SMILES string of the molecule is CC(Oc1cccc(Cl)c1)C(=O)Nc1ccc2ccccc2c1. The van der Waals surface area contributed by atoms with Gasteiger partial charge in [0.2, 0.25) is 0 Å². The van der Waals surface area contributed by atoms with Gasteiger partial charge in [-0.25, -0.2) is 0 Å². The first-order valence-corrected chi connectivity index (χ1v) is 7.71. The third kappa shape index (κ3) is 3.82. The van der Waals surface area contributed by atoms with E-state index in [1.165, 1.54) is 0 Å². The molecule has 0 saturated carbocycles. The number of rotatable bonds is 4. The Kier molecular flexibility index (Phi) is 4.49. The molecule has 0 aliphatic rings. The van der Waals surface area contributed by atoms with E-state index in [-0.39, 0.29) is 5.91 Å². The Morgan fingerprint density at radius 2 is 1.78 bits per heavy atom. The number of amides is 1. The average Bonchev–Trinajstić information content (AvgIpc) is 2.54. The Bertz CT molecular complexity index is 847. The first-order valence-electron chi connectivity index (χ1n) is 7.34. The van der Waals surface area contributed by atoms with Crippen molar-refractivity contribution < 1.29 is 9.53 Å². The van der Waals surface area contributed by atoms with Crippen molar-refractivity contribution in [2.75, 3.05) is 5.32 Å². The number of hydrogen-bond donors (Lipinski definition) is 1. The molecule has 0 aromatic heterocycles. The lowest BCUT2D eigenvalue weighted by atomic mass is 10.1. The molecule has 116 valence electrons. The van der Waals surface area contributed by atoms with Gasteiger partial charge in [0.15, 0.2) is 6.10 Å². The molecule has 23 heavy (non-hydrogen) atoms. The lowest BCUT2D eigenvalue weighted by molar-refractivity contribution is -0.122. The molecule has 3 rings (SSSR count). The second-order valence-electron chi connectivity index (χ2n) is 5.27. The summed E-state index contributed by atoms with van der Waals surface area (Å²) in [5, 5.41) is 5.66. The molecule has 3 aromatic rings. The number of fused-ring (bicyclic) bond motifs is 1. The molecule has 0 aliphatic carbocycles. The van der Waals surface area contributed by atoms with Crippen LogP contribution in [0.3, 0.4) is 0 Å². The largest absolute Gasteiger partial charge is 0.481 e. The van der Waals surface area contributed by atoms with Gasteiger partial charge in [0.1, 0.15) is 5.75 Å². The van der Waals surface area contributed by atoms with Crippen molar-refractivity contribution in [3.05, 3.63) is 71.8 Å². The predicted molar refractivity (Wildman–Crippen MR) is 94.1 cm³/mol. The Morgan fingerprint density at radius 1 is 1.00 bits per heavy atom. The molecule has 1 amide bonds. The van der Waals surface area contributed by atoms with Gasteiger partial charge in [0.05, 0.1) is 0 Å². The van der Waals surface area contributed by atoms with Crippen LogP contribution in [0.2, 0.25) is 5.02 Å². The molecule has 0 fully saturated rings. The second kappa shape index (κ2) is 6.71. The maximum atomic E-state index is 12.3. The van der Waals surface area contributed by atoms with Gasteiger partial charge in [-0.3, -0.25) is 4.79 Å². The fourth-order valence-corrected chi connectivity index (χ4v) is 2.49. The summed E-state index contributed by atoms with van der Waals surface area (Å²) < 4.78 is 5.62. The maximum Gasteiger partial charge on any atom is 0.265 e. The number of benzene rings is 3. The van der Waals surface area contributed by atoms with E-state index in [2.05, 4.69) is 5.32 Å². The van der Waals surface area contributed by atoms with Gasteiger partial charge in [-0.2, -0.15) is 0 Å². The van der Waals surface area contributed by atoms with Gasteiger partial charge in [0, 0.05) is 10.7 Å².